The average Bonchev–Trinajstić information content (AvgIpc) is 2.61. The number of hydrogen-bond acceptors (Lipinski definition) is 2. The van der Waals surface area contributed by atoms with Crippen LogP contribution in [-0.4, -0.2) is 37.6 Å². The molecule has 2 aliphatic rings. The zero-order valence-corrected chi connectivity index (χ0v) is 11.0. The number of rotatable bonds is 3. The standard InChI is InChI=1S/C14H28N2/c1-12-6-4-3-5-7-14(12)16-9-8-13(11-16)10-15-2/h12-15H,3-11H2,1-2H3. The molecule has 2 heteroatoms. The quantitative estimate of drug-likeness (QED) is 0.741. The van der Waals surface area contributed by atoms with Crippen LogP contribution in [0.2, 0.25) is 0 Å². The van der Waals surface area contributed by atoms with Crippen LogP contribution in [0, 0.1) is 11.8 Å². The summed E-state index contributed by atoms with van der Waals surface area (Å²) in [6, 6.07) is 0.893. The Kier molecular flexibility index (Phi) is 4.66. The topological polar surface area (TPSA) is 15.3 Å². The third-order valence-corrected chi connectivity index (χ3v) is 4.60. The molecule has 1 aliphatic carbocycles. The predicted octanol–water partition coefficient (Wildman–Crippen LogP) is 2.50. The van der Waals surface area contributed by atoms with Gasteiger partial charge in [0.25, 0.3) is 0 Å². The predicted molar refractivity (Wildman–Crippen MR) is 69.6 cm³/mol. The van der Waals surface area contributed by atoms with Crippen molar-refractivity contribution < 1.29 is 0 Å². The van der Waals surface area contributed by atoms with Gasteiger partial charge in [0.15, 0.2) is 0 Å². The van der Waals surface area contributed by atoms with Gasteiger partial charge in [-0.2, -0.15) is 0 Å². The van der Waals surface area contributed by atoms with E-state index in [0.717, 1.165) is 17.9 Å². The first-order chi connectivity index (χ1) is 7.81. The second-order valence-corrected chi connectivity index (χ2v) is 5.89. The van der Waals surface area contributed by atoms with Crippen molar-refractivity contribution >= 4 is 0 Å². The summed E-state index contributed by atoms with van der Waals surface area (Å²) in [4.78, 5) is 2.79. The number of likely N-dealkylation sites (tertiary alicyclic amines) is 1. The Labute approximate surface area is 101 Å². The zero-order chi connectivity index (χ0) is 11.4. The third kappa shape index (κ3) is 2.98. The van der Waals surface area contributed by atoms with E-state index in [-0.39, 0.29) is 0 Å². The summed E-state index contributed by atoms with van der Waals surface area (Å²) >= 11 is 0. The Morgan fingerprint density at radius 3 is 2.75 bits per heavy atom. The first-order valence-corrected chi connectivity index (χ1v) is 7.20. The van der Waals surface area contributed by atoms with Crippen molar-refractivity contribution in [3.8, 4) is 0 Å². The molecule has 3 unspecified atom stereocenters. The lowest BCUT2D eigenvalue weighted by Gasteiger charge is -2.31. The molecule has 0 spiro atoms. The van der Waals surface area contributed by atoms with E-state index in [1.54, 1.807) is 0 Å². The Hall–Kier alpha value is -0.0800. The molecule has 3 atom stereocenters. The van der Waals surface area contributed by atoms with Gasteiger partial charge < -0.3 is 5.32 Å². The summed E-state index contributed by atoms with van der Waals surface area (Å²) < 4.78 is 0. The zero-order valence-electron chi connectivity index (χ0n) is 11.0. The molecule has 1 saturated carbocycles. The van der Waals surface area contributed by atoms with E-state index in [4.69, 9.17) is 0 Å². The monoisotopic (exact) mass is 224 g/mol. The maximum Gasteiger partial charge on any atom is 0.0121 e. The van der Waals surface area contributed by atoms with Gasteiger partial charge in [-0.15, -0.1) is 0 Å². The fourth-order valence-electron chi connectivity index (χ4n) is 3.64. The molecule has 1 N–H and O–H groups in total. The molecule has 0 aromatic rings. The fourth-order valence-corrected chi connectivity index (χ4v) is 3.64. The molecule has 1 heterocycles. The van der Waals surface area contributed by atoms with E-state index < -0.39 is 0 Å². The minimum atomic E-state index is 0.893. The Balaban J connectivity index is 1.86. The lowest BCUT2D eigenvalue weighted by molar-refractivity contribution is 0.167. The molecule has 0 aromatic heterocycles. The third-order valence-electron chi connectivity index (χ3n) is 4.60. The molecule has 2 rings (SSSR count). The van der Waals surface area contributed by atoms with E-state index in [1.807, 2.05) is 0 Å². The molecule has 94 valence electrons. The largest absolute Gasteiger partial charge is 0.319 e. The highest BCUT2D eigenvalue weighted by Crippen LogP contribution is 2.30. The van der Waals surface area contributed by atoms with Crippen LogP contribution in [0.4, 0.5) is 0 Å². The van der Waals surface area contributed by atoms with Gasteiger partial charge in [0.1, 0.15) is 0 Å². The van der Waals surface area contributed by atoms with Crippen molar-refractivity contribution in [3.63, 3.8) is 0 Å². The molecule has 0 bridgehead atoms. The van der Waals surface area contributed by atoms with Crippen molar-refractivity contribution in [1.82, 2.24) is 10.2 Å². The maximum absolute atomic E-state index is 3.33. The summed E-state index contributed by atoms with van der Waals surface area (Å²) in [5.74, 6) is 1.83. The molecule has 2 nitrogen and oxygen atoms in total. The summed E-state index contributed by atoms with van der Waals surface area (Å²) in [6.07, 6.45) is 8.71. The molecule has 0 radical (unpaired) electrons. The lowest BCUT2D eigenvalue weighted by Crippen LogP contribution is -2.38. The van der Waals surface area contributed by atoms with Gasteiger partial charge in [-0.3, -0.25) is 4.90 Å². The van der Waals surface area contributed by atoms with E-state index in [9.17, 15) is 0 Å². The normalized spacial score (nSPS) is 37.5. The van der Waals surface area contributed by atoms with Gasteiger partial charge >= 0.3 is 0 Å². The van der Waals surface area contributed by atoms with Crippen LogP contribution in [-0.2, 0) is 0 Å². The minimum Gasteiger partial charge on any atom is -0.319 e. The van der Waals surface area contributed by atoms with Crippen molar-refractivity contribution in [1.29, 1.82) is 0 Å². The maximum atomic E-state index is 3.33. The van der Waals surface area contributed by atoms with Crippen LogP contribution >= 0.6 is 0 Å². The molecular weight excluding hydrogens is 196 g/mol. The van der Waals surface area contributed by atoms with E-state index in [2.05, 4.69) is 24.2 Å². The second-order valence-electron chi connectivity index (χ2n) is 5.89. The Morgan fingerprint density at radius 1 is 1.12 bits per heavy atom. The fraction of sp³-hybridized carbons (Fsp3) is 1.00. The van der Waals surface area contributed by atoms with Gasteiger partial charge in [-0.05, 0) is 51.2 Å². The van der Waals surface area contributed by atoms with E-state index in [0.29, 0.717) is 0 Å². The highest BCUT2D eigenvalue weighted by Gasteiger charge is 2.31. The number of nitrogens with zero attached hydrogens (tertiary/aromatic N) is 1. The smallest absolute Gasteiger partial charge is 0.0121 e. The van der Waals surface area contributed by atoms with Gasteiger partial charge in [-0.1, -0.05) is 26.2 Å². The van der Waals surface area contributed by atoms with Crippen LogP contribution in [0.25, 0.3) is 0 Å². The van der Waals surface area contributed by atoms with Crippen molar-refractivity contribution in [3.05, 3.63) is 0 Å². The van der Waals surface area contributed by atoms with E-state index >= 15 is 0 Å². The summed E-state index contributed by atoms with van der Waals surface area (Å²) in [5.41, 5.74) is 0. The van der Waals surface area contributed by atoms with Crippen molar-refractivity contribution in [2.75, 3.05) is 26.7 Å². The molecular formula is C14H28N2. The van der Waals surface area contributed by atoms with Crippen LogP contribution in [0.1, 0.15) is 45.4 Å². The van der Waals surface area contributed by atoms with Gasteiger partial charge in [0.2, 0.25) is 0 Å². The van der Waals surface area contributed by atoms with Crippen LogP contribution in [0.3, 0.4) is 0 Å². The molecule has 0 aromatic carbocycles. The minimum absolute atomic E-state index is 0.893. The molecule has 1 saturated heterocycles. The van der Waals surface area contributed by atoms with Gasteiger partial charge in [0.05, 0.1) is 0 Å². The first-order valence-electron chi connectivity index (χ1n) is 7.20. The van der Waals surface area contributed by atoms with Gasteiger partial charge in [-0.25, -0.2) is 0 Å². The van der Waals surface area contributed by atoms with Crippen LogP contribution in [0.5, 0.6) is 0 Å². The van der Waals surface area contributed by atoms with Crippen molar-refractivity contribution in [2.24, 2.45) is 11.8 Å². The number of hydrogen-bond donors (Lipinski definition) is 1. The summed E-state index contributed by atoms with van der Waals surface area (Å²) in [5, 5.41) is 3.33. The Bertz CT molecular complexity index is 205. The summed E-state index contributed by atoms with van der Waals surface area (Å²) in [6.45, 7) is 6.37. The Morgan fingerprint density at radius 2 is 1.94 bits per heavy atom. The van der Waals surface area contributed by atoms with Crippen molar-refractivity contribution in [2.45, 2.75) is 51.5 Å². The lowest BCUT2D eigenvalue weighted by atomic mass is 9.95. The van der Waals surface area contributed by atoms with Crippen LogP contribution < -0.4 is 5.32 Å². The molecule has 0 amide bonds. The van der Waals surface area contributed by atoms with E-state index in [1.165, 1.54) is 58.2 Å². The van der Waals surface area contributed by atoms with Crippen LogP contribution in [0.15, 0.2) is 0 Å². The van der Waals surface area contributed by atoms with Gasteiger partial charge in [0, 0.05) is 12.6 Å². The molecule has 1 aliphatic heterocycles. The average molecular weight is 224 g/mol. The second kappa shape index (κ2) is 6.02. The highest BCUT2D eigenvalue weighted by molar-refractivity contribution is 4.86. The highest BCUT2D eigenvalue weighted by atomic mass is 15.2. The summed E-state index contributed by atoms with van der Waals surface area (Å²) in [7, 11) is 2.08. The molecule has 2 fully saturated rings. The first kappa shape index (κ1) is 12.4. The molecule has 16 heavy (non-hydrogen) atoms. The SMILES string of the molecule is CNCC1CCN(C2CCCCCC2C)C1. The number of nitrogens with one attached hydrogen (secondary N) is 1.